The molecule has 0 saturated carbocycles. The Morgan fingerprint density at radius 3 is 2.36 bits per heavy atom. The molecule has 0 bridgehead atoms. The molecule has 1 atom stereocenters. The number of fused-ring (bicyclic) bond motifs is 1. The van der Waals surface area contributed by atoms with E-state index in [1.807, 2.05) is 61.5 Å². The fourth-order valence-electron chi connectivity index (χ4n) is 4.45. The molecule has 3 aromatic carbocycles. The highest BCUT2D eigenvalue weighted by Gasteiger charge is 2.36. The predicted octanol–water partition coefficient (Wildman–Crippen LogP) is 5.73. The topological polar surface area (TPSA) is 85.3 Å². The van der Waals surface area contributed by atoms with Crippen LogP contribution in [-0.4, -0.2) is 43.4 Å². The van der Waals surface area contributed by atoms with Crippen LogP contribution in [0, 0.1) is 6.92 Å². The Hall–Kier alpha value is -4.56. The zero-order valence-electron chi connectivity index (χ0n) is 21.9. The Kier molecular flexibility index (Phi) is 7.38. The number of carbonyl (C=O) groups is 1. The van der Waals surface area contributed by atoms with Crippen LogP contribution < -0.4 is 19.5 Å². The SMILES string of the molecule is COc1cc(/C=C2\NC(c3ccccc3)N(/N=C/c3cc4cc(C)ccc4nc3Cl)C2=O)cc(OC)c1OC. The highest BCUT2D eigenvalue weighted by Crippen LogP contribution is 2.39. The molecule has 1 saturated heterocycles. The number of amides is 1. The molecule has 1 unspecified atom stereocenters. The predicted molar refractivity (Wildman–Crippen MR) is 152 cm³/mol. The molecular weight excluding hydrogens is 516 g/mol. The Morgan fingerprint density at radius 1 is 0.974 bits per heavy atom. The molecule has 39 heavy (non-hydrogen) atoms. The maximum absolute atomic E-state index is 13.6. The molecule has 0 aliphatic carbocycles. The van der Waals surface area contributed by atoms with Gasteiger partial charge in [-0.3, -0.25) is 4.79 Å². The van der Waals surface area contributed by atoms with Gasteiger partial charge in [-0.1, -0.05) is 53.6 Å². The number of methoxy groups -OCH3 is 3. The number of hydrazone groups is 1. The summed E-state index contributed by atoms with van der Waals surface area (Å²) in [6.07, 6.45) is 2.76. The Morgan fingerprint density at radius 2 is 1.69 bits per heavy atom. The largest absolute Gasteiger partial charge is 0.493 e. The van der Waals surface area contributed by atoms with Gasteiger partial charge in [-0.2, -0.15) is 5.10 Å². The number of nitrogens with zero attached hydrogens (tertiary/aromatic N) is 3. The maximum Gasteiger partial charge on any atom is 0.292 e. The summed E-state index contributed by atoms with van der Waals surface area (Å²) in [5.41, 5.74) is 4.42. The van der Waals surface area contributed by atoms with Crippen LogP contribution in [0.15, 0.2) is 77.5 Å². The molecule has 1 fully saturated rings. The van der Waals surface area contributed by atoms with Crippen LogP contribution in [0.1, 0.15) is 28.4 Å². The number of benzene rings is 3. The van der Waals surface area contributed by atoms with E-state index in [1.54, 1.807) is 45.8 Å². The van der Waals surface area contributed by atoms with Crippen LogP contribution in [0.5, 0.6) is 17.2 Å². The molecule has 1 aromatic heterocycles. The van der Waals surface area contributed by atoms with Crippen LogP contribution >= 0.6 is 11.6 Å². The van der Waals surface area contributed by atoms with Crippen molar-refractivity contribution in [3.8, 4) is 17.2 Å². The summed E-state index contributed by atoms with van der Waals surface area (Å²) in [6.45, 7) is 2.02. The molecule has 5 rings (SSSR count). The third kappa shape index (κ3) is 5.24. The van der Waals surface area contributed by atoms with Gasteiger partial charge in [0, 0.05) is 10.9 Å². The Balaban J connectivity index is 1.54. The smallest absolute Gasteiger partial charge is 0.292 e. The Bertz CT molecular complexity index is 1580. The summed E-state index contributed by atoms with van der Waals surface area (Å²) in [5.74, 6) is 1.13. The quantitative estimate of drug-likeness (QED) is 0.182. The zero-order valence-corrected chi connectivity index (χ0v) is 22.7. The number of hydrogen-bond donors (Lipinski definition) is 1. The molecule has 1 aliphatic heterocycles. The highest BCUT2D eigenvalue weighted by atomic mass is 35.5. The molecule has 9 heteroatoms. The number of aryl methyl sites for hydroxylation is 1. The fraction of sp³-hybridized carbons (Fsp3) is 0.167. The van der Waals surface area contributed by atoms with Gasteiger partial charge in [0.15, 0.2) is 17.7 Å². The molecule has 0 spiro atoms. The summed E-state index contributed by atoms with van der Waals surface area (Å²) in [6, 6.07) is 21.0. The van der Waals surface area contributed by atoms with Crippen molar-refractivity contribution in [3.63, 3.8) is 0 Å². The Labute approximate surface area is 231 Å². The summed E-state index contributed by atoms with van der Waals surface area (Å²) in [5, 5.41) is 10.5. The lowest BCUT2D eigenvalue weighted by atomic mass is 10.1. The van der Waals surface area contributed by atoms with Crippen molar-refractivity contribution >= 4 is 40.7 Å². The molecule has 4 aromatic rings. The number of ether oxygens (including phenoxy) is 3. The molecule has 0 radical (unpaired) electrons. The van der Waals surface area contributed by atoms with E-state index in [-0.39, 0.29) is 5.91 Å². The zero-order chi connectivity index (χ0) is 27.5. The molecule has 2 heterocycles. The van der Waals surface area contributed by atoms with Crippen molar-refractivity contribution in [3.05, 3.63) is 99.8 Å². The molecule has 8 nitrogen and oxygen atoms in total. The van der Waals surface area contributed by atoms with Crippen molar-refractivity contribution in [1.29, 1.82) is 0 Å². The second kappa shape index (κ2) is 11.0. The molecule has 1 N–H and O–H groups in total. The van der Waals surface area contributed by atoms with Crippen LogP contribution in [0.4, 0.5) is 0 Å². The van der Waals surface area contributed by atoms with Crippen LogP contribution in [0.2, 0.25) is 5.15 Å². The summed E-state index contributed by atoms with van der Waals surface area (Å²) in [4.78, 5) is 18.1. The van der Waals surface area contributed by atoms with Crippen molar-refractivity contribution in [2.75, 3.05) is 21.3 Å². The first-order chi connectivity index (χ1) is 18.9. The monoisotopic (exact) mass is 542 g/mol. The van der Waals surface area contributed by atoms with Gasteiger partial charge >= 0.3 is 0 Å². The lowest BCUT2D eigenvalue weighted by Crippen LogP contribution is -2.25. The van der Waals surface area contributed by atoms with Crippen LogP contribution in [0.3, 0.4) is 0 Å². The third-order valence-electron chi connectivity index (χ3n) is 6.36. The minimum Gasteiger partial charge on any atom is -0.493 e. The second-order valence-corrected chi connectivity index (χ2v) is 9.29. The van der Waals surface area contributed by atoms with Gasteiger partial charge in [0.1, 0.15) is 10.9 Å². The first-order valence-corrected chi connectivity index (χ1v) is 12.6. The van der Waals surface area contributed by atoms with Gasteiger partial charge in [0.2, 0.25) is 5.75 Å². The van der Waals surface area contributed by atoms with Gasteiger partial charge in [-0.05, 0) is 54.5 Å². The van der Waals surface area contributed by atoms with Crippen LogP contribution in [-0.2, 0) is 4.79 Å². The first-order valence-electron chi connectivity index (χ1n) is 12.2. The van der Waals surface area contributed by atoms with Crippen molar-refractivity contribution in [1.82, 2.24) is 15.3 Å². The molecule has 1 amide bonds. The highest BCUT2D eigenvalue weighted by molar-refractivity contribution is 6.32. The van der Waals surface area contributed by atoms with Gasteiger partial charge in [0.05, 0.1) is 33.1 Å². The lowest BCUT2D eigenvalue weighted by Gasteiger charge is -2.19. The van der Waals surface area contributed by atoms with Gasteiger partial charge in [0.25, 0.3) is 5.91 Å². The van der Waals surface area contributed by atoms with E-state index in [4.69, 9.17) is 25.8 Å². The molecular formula is C30H27ClN4O4. The average molecular weight is 543 g/mol. The van der Waals surface area contributed by atoms with Crippen LogP contribution in [0.25, 0.3) is 17.0 Å². The van der Waals surface area contributed by atoms with E-state index in [0.717, 1.165) is 22.0 Å². The van der Waals surface area contributed by atoms with E-state index in [1.165, 1.54) is 5.01 Å². The number of halogens is 1. The lowest BCUT2D eigenvalue weighted by molar-refractivity contribution is -0.126. The number of aromatic nitrogens is 1. The second-order valence-electron chi connectivity index (χ2n) is 8.93. The molecule has 1 aliphatic rings. The minimum atomic E-state index is -0.530. The summed E-state index contributed by atoms with van der Waals surface area (Å²) >= 11 is 6.47. The van der Waals surface area contributed by atoms with Gasteiger partial charge in [-0.25, -0.2) is 9.99 Å². The van der Waals surface area contributed by atoms with Crippen molar-refractivity contribution in [2.24, 2.45) is 5.10 Å². The summed E-state index contributed by atoms with van der Waals surface area (Å²) in [7, 11) is 4.63. The van der Waals surface area contributed by atoms with Crippen molar-refractivity contribution < 1.29 is 19.0 Å². The maximum atomic E-state index is 13.6. The normalized spacial score (nSPS) is 16.2. The average Bonchev–Trinajstić information content (AvgIpc) is 3.26. The number of carbonyl (C=O) groups excluding carboxylic acids is 1. The van der Waals surface area contributed by atoms with E-state index in [0.29, 0.717) is 39.2 Å². The standard InChI is InChI=1S/C30H27ClN4O4/c1-18-10-11-23-21(12-18)16-22(28(31)33-23)17-32-35-29(20-8-6-5-7-9-20)34-24(30(35)36)13-19-14-25(37-2)27(39-4)26(15-19)38-3/h5-17,29,34H,1-4H3/b24-13-,32-17+. The van der Waals surface area contributed by atoms with E-state index in [9.17, 15) is 4.79 Å². The van der Waals surface area contributed by atoms with E-state index >= 15 is 0 Å². The van der Waals surface area contributed by atoms with Crippen molar-refractivity contribution in [2.45, 2.75) is 13.1 Å². The van der Waals surface area contributed by atoms with E-state index < -0.39 is 6.17 Å². The minimum absolute atomic E-state index is 0.305. The number of nitrogens with one attached hydrogen (secondary N) is 1. The molecule has 198 valence electrons. The number of pyridine rings is 1. The summed E-state index contributed by atoms with van der Waals surface area (Å²) < 4.78 is 16.4. The third-order valence-corrected chi connectivity index (χ3v) is 6.66. The number of rotatable bonds is 7. The first kappa shape index (κ1) is 26.1. The fourth-order valence-corrected chi connectivity index (χ4v) is 4.64. The van der Waals surface area contributed by atoms with Gasteiger partial charge < -0.3 is 19.5 Å². The number of hydrogen-bond acceptors (Lipinski definition) is 7. The van der Waals surface area contributed by atoms with Gasteiger partial charge in [-0.15, -0.1) is 0 Å². The van der Waals surface area contributed by atoms with E-state index in [2.05, 4.69) is 15.4 Å².